The van der Waals surface area contributed by atoms with E-state index < -0.39 is 42.9 Å². The van der Waals surface area contributed by atoms with Gasteiger partial charge in [-0.2, -0.15) is 0 Å². The van der Waals surface area contributed by atoms with Gasteiger partial charge in [0, 0.05) is 40.6 Å². The first-order valence-electron chi connectivity index (χ1n) is 23.8. The van der Waals surface area contributed by atoms with E-state index in [9.17, 15) is 26.4 Å². The van der Waals surface area contributed by atoms with E-state index in [1.807, 2.05) is 113 Å². The number of esters is 2. The third-order valence-corrected chi connectivity index (χ3v) is 17.2. The molecule has 3 unspecified atom stereocenters. The maximum atomic E-state index is 14.3. The van der Waals surface area contributed by atoms with Crippen LogP contribution < -0.4 is 0 Å². The van der Waals surface area contributed by atoms with Gasteiger partial charge >= 0.3 is 11.9 Å². The van der Waals surface area contributed by atoms with E-state index in [0.29, 0.717) is 23.6 Å². The van der Waals surface area contributed by atoms with Crippen LogP contribution in [-0.2, 0) is 57.0 Å². The summed E-state index contributed by atoms with van der Waals surface area (Å²) in [7, 11) is -6.86. The van der Waals surface area contributed by atoms with Crippen LogP contribution in [0.5, 0.6) is 0 Å². The molecule has 4 aromatic heterocycles. The van der Waals surface area contributed by atoms with Crippen LogP contribution in [0.15, 0.2) is 150 Å². The molecule has 0 spiro atoms. The summed E-state index contributed by atoms with van der Waals surface area (Å²) in [6.07, 6.45) is 7.16. The number of carbonyl (C=O) groups is 2. The van der Waals surface area contributed by atoms with Crippen LogP contribution in [0.3, 0.4) is 0 Å². The second kappa shape index (κ2) is 21.3. The molecule has 16 heteroatoms. The lowest BCUT2D eigenvalue weighted by molar-refractivity contribution is -0.148. The molecule has 0 fully saturated rings. The topological polar surface area (TPSA) is 157 Å². The average molecular weight is 1040 g/mol. The summed E-state index contributed by atoms with van der Waals surface area (Å²) in [5.41, 5.74) is 4.38. The minimum absolute atomic E-state index is 0.0518. The molecule has 3 atom stereocenters. The van der Waals surface area contributed by atoms with Crippen LogP contribution in [0.4, 0.5) is 0 Å². The number of carbonyl (C=O) groups excluding carboxylic acids is 2. The van der Waals surface area contributed by atoms with Gasteiger partial charge in [-0.1, -0.05) is 99.6 Å². The fourth-order valence-corrected chi connectivity index (χ4v) is 12.1. The van der Waals surface area contributed by atoms with Crippen molar-refractivity contribution in [2.24, 2.45) is 0 Å². The summed E-state index contributed by atoms with van der Waals surface area (Å²) >= 11 is 2.94. The second-order valence-corrected chi connectivity index (χ2v) is 24.5. The molecule has 0 aliphatic carbocycles. The van der Waals surface area contributed by atoms with Gasteiger partial charge in [0.2, 0.25) is 0 Å². The highest BCUT2D eigenvalue weighted by Crippen LogP contribution is 2.40. The zero-order valence-electron chi connectivity index (χ0n) is 41.5. The summed E-state index contributed by atoms with van der Waals surface area (Å²) < 4.78 is 65.4. The molecule has 0 bridgehead atoms. The van der Waals surface area contributed by atoms with Crippen LogP contribution >= 0.6 is 22.7 Å². The number of hydrogen-bond acceptors (Lipinski definition) is 12. The Morgan fingerprint density at radius 1 is 0.625 bits per heavy atom. The number of imidazole rings is 2. The van der Waals surface area contributed by atoms with E-state index in [4.69, 9.17) is 19.4 Å². The van der Waals surface area contributed by atoms with E-state index in [1.54, 1.807) is 50.2 Å². The van der Waals surface area contributed by atoms with Gasteiger partial charge in [0.1, 0.15) is 33.0 Å². The van der Waals surface area contributed by atoms with Crippen LogP contribution in [-0.4, -0.2) is 73.6 Å². The van der Waals surface area contributed by atoms with Crippen molar-refractivity contribution in [3.63, 3.8) is 0 Å². The number of nitrogens with zero attached hydrogens (tertiary/aromatic N) is 4. The average Bonchev–Trinajstić information content (AvgIpc) is 4.20. The maximum Gasteiger partial charge on any atom is 0.324 e. The summed E-state index contributed by atoms with van der Waals surface area (Å²) in [5.74, 6) is -0.775. The van der Waals surface area contributed by atoms with E-state index in [-0.39, 0.29) is 41.3 Å². The first-order chi connectivity index (χ1) is 34.3. The highest BCUT2D eigenvalue weighted by Gasteiger charge is 2.44. The third kappa shape index (κ3) is 11.0. The standard InChI is InChI=1S/C56H58N4O8S4/c1-9-67-53(61)45(52-57-46(36(3)4)34-59(52)50-28-26-48(69-50)40-20-16-24-43(31-40)71(7,63)64)33-39-19-15-14-18-38(39)30-37(5)47-35-60(51-29-27-49(70-51)41-21-17-25-44(32-41)72(8,65)66)54(58-47)56(6,55(62)68-10-2)42-22-12-11-13-23-42/h11-29,31-32,34-37,45H,9-10,30,33H2,1-8H3. The summed E-state index contributed by atoms with van der Waals surface area (Å²) in [6, 6.07) is 39.1. The summed E-state index contributed by atoms with van der Waals surface area (Å²) in [6.45, 7) is 12.0. The number of benzene rings is 4. The highest BCUT2D eigenvalue weighted by atomic mass is 32.2. The van der Waals surface area contributed by atoms with Crippen LogP contribution in [0, 0.1) is 0 Å². The molecule has 0 N–H and O–H groups in total. The first kappa shape index (κ1) is 51.9. The molecular formula is C56H58N4O8S4. The molecule has 0 radical (unpaired) electrons. The lowest BCUT2D eigenvalue weighted by Gasteiger charge is -2.27. The monoisotopic (exact) mass is 1040 g/mol. The van der Waals surface area contributed by atoms with Crippen LogP contribution in [0.2, 0.25) is 0 Å². The van der Waals surface area contributed by atoms with E-state index in [1.165, 1.54) is 35.2 Å². The van der Waals surface area contributed by atoms with Gasteiger partial charge < -0.3 is 9.47 Å². The zero-order valence-corrected chi connectivity index (χ0v) is 44.8. The van der Waals surface area contributed by atoms with E-state index in [2.05, 4.69) is 26.8 Å². The molecule has 8 aromatic rings. The normalized spacial score (nSPS) is 13.7. The molecule has 0 saturated carbocycles. The molecule has 12 nitrogen and oxygen atoms in total. The zero-order chi connectivity index (χ0) is 51.5. The Morgan fingerprint density at radius 2 is 1.15 bits per heavy atom. The number of rotatable bonds is 19. The van der Waals surface area contributed by atoms with Gasteiger partial charge in [0.25, 0.3) is 0 Å². The van der Waals surface area contributed by atoms with Crippen molar-refractivity contribution in [1.82, 2.24) is 19.1 Å². The molecule has 0 saturated heterocycles. The number of thiophene rings is 2. The quantitative estimate of drug-likeness (QED) is 0.0714. The van der Waals surface area contributed by atoms with Crippen LogP contribution in [0.1, 0.15) is 99.0 Å². The predicted octanol–water partition coefficient (Wildman–Crippen LogP) is 11.6. The Balaban J connectivity index is 1.18. The molecule has 4 heterocycles. The van der Waals surface area contributed by atoms with Gasteiger partial charge in [0.05, 0.1) is 34.4 Å². The summed E-state index contributed by atoms with van der Waals surface area (Å²) in [5, 5.41) is 1.59. The van der Waals surface area contributed by atoms with Crippen molar-refractivity contribution in [2.75, 3.05) is 25.7 Å². The second-order valence-electron chi connectivity index (χ2n) is 18.4. The highest BCUT2D eigenvalue weighted by molar-refractivity contribution is 7.91. The van der Waals surface area contributed by atoms with Crippen molar-refractivity contribution < 1.29 is 35.9 Å². The lowest BCUT2D eigenvalue weighted by atomic mass is 9.81. The van der Waals surface area contributed by atoms with Gasteiger partial charge in [-0.05, 0) is 116 Å². The Bertz CT molecular complexity index is 3480. The van der Waals surface area contributed by atoms with E-state index >= 15 is 0 Å². The van der Waals surface area contributed by atoms with E-state index in [0.717, 1.165) is 53.4 Å². The van der Waals surface area contributed by atoms with Crippen molar-refractivity contribution in [3.05, 3.63) is 180 Å². The predicted molar refractivity (Wildman–Crippen MR) is 285 cm³/mol. The van der Waals surface area contributed by atoms with Crippen molar-refractivity contribution in [3.8, 4) is 30.9 Å². The van der Waals surface area contributed by atoms with Gasteiger partial charge in [-0.3, -0.25) is 18.7 Å². The molecule has 0 amide bonds. The molecule has 4 aromatic carbocycles. The van der Waals surface area contributed by atoms with Crippen molar-refractivity contribution in [2.45, 2.75) is 87.3 Å². The third-order valence-electron chi connectivity index (χ3n) is 12.8. The smallest absolute Gasteiger partial charge is 0.324 e. The Morgan fingerprint density at radius 3 is 1.69 bits per heavy atom. The maximum absolute atomic E-state index is 14.3. The molecule has 374 valence electrons. The molecule has 72 heavy (non-hydrogen) atoms. The number of aromatic nitrogens is 4. The molecular weight excluding hydrogens is 985 g/mol. The first-order valence-corrected chi connectivity index (χ1v) is 29.2. The fraction of sp³-hybridized carbons (Fsp3) is 0.286. The van der Waals surface area contributed by atoms with Gasteiger partial charge in [0.15, 0.2) is 19.7 Å². The number of hydrogen-bond donors (Lipinski definition) is 0. The SMILES string of the molecule is CCOC(=O)C(Cc1ccccc1CC(C)c1cn(-c2ccc(-c3cccc(S(C)(=O)=O)c3)s2)c(C(C)(C(=O)OCC)c2ccccc2)n1)c1nc(C(C)C)cn1-c1ccc(-c2cccc(S(C)(=O)=O)c2)s1. The molecule has 0 aliphatic heterocycles. The molecule has 0 aliphatic rings. The lowest BCUT2D eigenvalue weighted by Crippen LogP contribution is -2.38. The van der Waals surface area contributed by atoms with Crippen molar-refractivity contribution >= 4 is 54.3 Å². The Kier molecular flexibility index (Phi) is 15.4. The Labute approximate surface area is 430 Å². The minimum Gasteiger partial charge on any atom is -0.465 e. The minimum atomic E-state index is -3.45. The van der Waals surface area contributed by atoms with Gasteiger partial charge in [-0.15, -0.1) is 22.7 Å². The summed E-state index contributed by atoms with van der Waals surface area (Å²) in [4.78, 5) is 41.2. The fourth-order valence-electron chi connectivity index (χ4n) is 8.77. The number of ether oxygens (including phenoxy) is 2. The largest absolute Gasteiger partial charge is 0.465 e. The molecule has 8 rings (SSSR count). The van der Waals surface area contributed by atoms with Crippen molar-refractivity contribution in [1.29, 1.82) is 0 Å². The Hall–Kier alpha value is -6.46. The van der Waals surface area contributed by atoms with Crippen LogP contribution in [0.25, 0.3) is 30.9 Å². The number of sulfone groups is 2. The van der Waals surface area contributed by atoms with Gasteiger partial charge in [-0.25, -0.2) is 26.8 Å².